The molecule has 0 saturated carbocycles. The first-order valence-corrected chi connectivity index (χ1v) is 10.8. The number of carbonyl (C=O) groups excluding carboxylic acids is 2. The number of carbonyl (C=O) groups is 2. The van der Waals surface area contributed by atoms with Gasteiger partial charge in [-0.3, -0.25) is 14.9 Å². The minimum atomic E-state index is -0.309. The van der Waals surface area contributed by atoms with Gasteiger partial charge in [0.15, 0.2) is 0 Å². The Morgan fingerprint density at radius 2 is 1.59 bits per heavy atom. The molecule has 7 heteroatoms. The van der Waals surface area contributed by atoms with Crippen LogP contribution in [0.3, 0.4) is 0 Å². The molecule has 3 aromatic carbocycles. The van der Waals surface area contributed by atoms with Gasteiger partial charge in [0, 0.05) is 40.2 Å². The molecular weight excluding hydrogens is 424 g/mol. The SMILES string of the molecule is Cl.O=C1NC(=O)c2c1c1c3ccccc3[nH]c1c1c2c2cccc3c2n1CCCCNC3. The number of nitrogens with one attached hydrogen (secondary N) is 3. The van der Waals surface area contributed by atoms with Crippen LogP contribution >= 0.6 is 12.4 Å². The number of benzene rings is 3. The van der Waals surface area contributed by atoms with Gasteiger partial charge in [-0.2, -0.15) is 0 Å². The van der Waals surface area contributed by atoms with Gasteiger partial charge in [-0.25, -0.2) is 0 Å². The predicted molar refractivity (Wildman–Crippen MR) is 129 cm³/mol. The lowest BCUT2D eigenvalue weighted by Gasteiger charge is -2.10. The van der Waals surface area contributed by atoms with Gasteiger partial charge in [0.1, 0.15) is 0 Å². The molecule has 5 aromatic rings. The summed E-state index contributed by atoms with van der Waals surface area (Å²) in [7, 11) is 0. The number of aromatic amines is 1. The molecular formula is C25H21ClN4O2. The minimum Gasteiger partial charge on any atom is -0.353 e. The Bertz CT molecular complexity index is 1610. The monoisotopic (exact) mass is 444 g/mol. The molecule has 2 aromatic heterocycles. The summed E-state index contributed by atoms with van der Waals surface area (Å²) >= 11 is 0. The molecule has 6 nitrogen and oxygen atoms in total. The fourth-order valence-electron chi connectivity index (χ4n) is 5.62. The minimum absolute atomic E-state index is 0. The van der Waals surface area contributed by atoms with Crippen molar-refractivity contribution in [3.05, 3.63) is 59.2 Å². The van der Waals surface area contributed by atoms with E-state index < -0.39 is 0 Å². The van der Waals surface area contributed by atoms with Crippen LogP contribution in [0.1, 0.15) is 39.1 Å². The second-order valence-electron chi connectivity index (χ2n) is 8.53. The first-order chi connectivity index (χ1) is 15.2. The number of para-hydroxylation sites is 2. The lowest BCUT2D eigenvalue weighted by Crippen LogP contribution is -2.20. The third-order valence-corrected chi connectivity index (χ3v) is 6.84. The summed E-state index contributed by atoms with van der Waals surface area (Å²) in [6.45, 7) is 2.65. The van der Waals surface area contributed by atoms with Crippen molar-refractivity contribution in [2.24, 2.45) is 0 Å². The average Bonchev–Trinajstić information content (AvgIpc) is 3.42. The topological polar surface area (TPSA) is 78.9 Å². The van der Waals surface area contributed by atoms with E-state index in [1.807, 2.05) is 24.3 Å². The van der Waals surface area contributed by atoms with Crippen molar-refractivity contribution in [1.29, 1.82) is 0 Å². The molecule has 32 heavy (non-hydrogen) atoms. The molecule has 0 aliphatic carbocycles. The van der Waals surface area contributed by atoms with E-state index >= 15 is 0 Å². The summed E-state index contributed by atoms with van der Waals surface area (Å²) in [4.78, 5) is 29.6. The fourth-order valence-corrected chi connectivity index (χ4v) is 5.62. The second-order valence-corrected chi connectivity index (χ2v) is 8.53. The first-order valence-electron chi connectivity index (χ1n) is 10.8. The number of rotatable bonds is 0. The molecule has 2 aliphatic rings. The van der Waals surface area contributed by atoms with Gasteiger partial charge >= 0.3 is 0 Å². The van der Waals surface area contributed by atoms with Crippen LogP contribution in [0.5, 0.6) is 0 Å². The Labute approximate surface area is 189 Å². The molecule has 7 rings (SSSR count). The first kappa shape index (κ1) is 19.3. The molecule has 0 saturated heterocycles. The highest BCUT2D eigenvalue weighted by Crippen LogP contribution is 2.44. The highest BCUT2D eigenvalue weighted by atomic mass is 35.5. The number of aromatic nitrogens is 2. The van der Waals surface area contributed by atoms with Crippen molar-refractivity contribution in [3.63, 3.8) is 0 Å². The van der Waals surface area contributed by atoms with Crippen LogP contribution in [0.2, 0.25) is 0 Å². The highest BCUT2D eigenvalue weighted by molar-refractivity contribution is 6.39. The van der Waals surface area contributed by atoms with E-state index in [-0.39, 0.29) is 24.2 Å². The predicted octanol–water partition coefficient (Wildman–Crippen LogP) is 4.62. The molecule has 0 fully saturated rings. The molecule has 0 spiro atoms. The van der Waals surface area contributed by atoms with Crippen LogP contribution < -0.4 is 10.6 Å². The van der Waals surface area contributed by atoms with Crippen LogP contribution in [0, 0.1) is 0 Å². The van der Waals surface area contributed by atoms with Gasteiger partial charge < -0.3 is 14.9 Å². The highest BCUT2D eigenvalue weighted by Gasteiger charge is 2.35. The fraction of sp³-hybridized carbons (Fsp3) is 0.200. The third-order valence-electron chi connectivity index (χ3n) is 6.84. The molecule has 0 unspecified atom stereocenters. The van der Waals surface area contributed by atoms with Crippen LogP contribution in [-0.4, -0.2) is 27.9 Å². The summed E-state index contributed by atoms with van der Waals surface area (Å²) < 4.78 is 2.38. The zero-order valence-corrected chi connectivity index (χ0v) is 18.1. The zero-order chi connectivity index (χ0) is 20.7. The van der Waals surface area contributed by atoms with E-state index in [0.29, 0.717) is 11.1 Å². The van der Waals surface area contributed by atoms with Crippen molar-refractivity contribution in [1.82, 2.24) is 20.2 Å². The summed E-state index contributed by atoms with van der Waals surface area (Å²) in [6, 6.07) is 14.3. The van der Waals surface area contributed by atoms with Gasteiger partial charge in [-0.1, -0.05) is 36.4 Å². The maximum absolute atomic E-state index is 13.1. The smallest absolute Gasteiger partial charge is 0.259 e. The van der Waals surface area contributed by atoms with E-state index in [2.05, 4.69) is 38.4 Å². The second kappa shape index (κ2) is 6.82. The Balaban J connectivity index is 0.00000196. The maximum atomic E-state index is 13.1. The lowest BCUT2D eigenvalue weighted by atomic mass is 9.96. The van der Waals surface area contributed by atoms with Crippen LogP contribution in [-0.2, 0) is 13.1 Å². The summed E-state index contributed by atoms with van der Waals surface area (Å²) in [5.74, 6) is -0.608. The number of fused-ring (bicyclic) bond motifs is 10. The maximum Gasteiger partial charge on any atom is 0.259 e. The Morgan fingerprint density at radius 1 is 0.812 bits per heavy atom. The molecule has 0 bridgehead atoms. The molecule has 2 amide bonds. The number of amides is 2. The molecule has 3 N–H and O–H groups in total. The Kier molecular flexibility index (Phi) is 4.12. The number of H-pyrrole nitrogens is 1. The van der Waals surface area contributed by atoms with Crippen molar-refractivity contribution < 1.29 is 9.59 Å². The van der Waals surface area contributed by atoms with Crippen molar-refractivity contribution in [2.75, 3.05) is 6.54 Å². The average molecular weight is 445 g/mol. The number of hydrogen-bond acceptors (Lipinski definition) is 3. The Morgan fingerprint density at radius 3 is 2.47 bits per heavy atom. The summed E-state index contributed by atoms with van der Waals surface area (Å²) in [6.07, 6.45) is 2.14. The quantitative estimate of drug-likeness (QED) is 0.305. The van der Waals surface area contributed by atoms with Gasteiger partial charge in [-0.05, 0) is 31.0 Å². The standard InChI is InChI=1S/C25H20N4O2.ClH/c30-24-19-17-14-7-1-2-9-16(14)27-21(17)23-18(20(19)25(31)28-24)15-8-5-6-13-12-26-10-3-4-11-29(23)22(13)15;/h1-2,5-9,26-27H,3-4,10-12H2,(H,28,30,31);1H. The Hall–Kier alpha value is -3.35. The van der Waals surface area contributed by atoms with E-state index in [0.717, 1.165) is 76.1 Å². The van der Waals surface area contributed by atoms with E-state index in [1.165, 1.54) is 5.56 Å². The van der Waals surface area contributed by atoms with E-state index in [1.54, 1.807) is 0 Å². The van der Waals surface area contributed by atoms with Gasteiger partial charge in [0.05, 0.1) is 27.7 Å². The van der Waals surface area contributed by atoms with Crippen molar-refractivity contribution in [3.8, 4) is 0 Å². The number of hydrogen-bond donors (Lipinski definition) is 3. The van der Waals surface area contributed by atoms with Crippen LogP contribution in [0.15, 0.2) is 42.5 Å². The molecule has 4 heterocycles. The zero-order valence-electron chi connectivity index (χ0n) is 17.2. The van der Waals surface area contributed by atoms with Gasteiger partial charge in [-0.15, -0.1) is 12.4 Å². The summed E-state index contributed by atoms with van der Waals surface area (Å²) in [5.41, 5.74) is 6.34. The number of imide groups is 1. The van der Waals surface area contributed by atoms with Crippen LogP contribution in [0.25, 0.3) is 43.6 Å². The largest absolute Gasteiger partial charge is 0.353 e. The molecule has 160 valence electrons. The van der Waals surface area contributed by atoms with Gasteiger partial charge in [0.2, 0.25) is 0 Å². The number of halogens is 1. The lowest BCUT2D eigenvalue weighted by molar-refractivity contribution is 0.0880. The summed E-state index contributed by atoms with van der Waals surface area (Å²) in [5, 5.41) is 9.86. The van der Waals surface area contributed by atoms with Crippen LogP contribution in [0.4, 0.5) is 0 Å². The molecule has 0 atom stereocenters. The normalized spacial score (nSPS) is 16.1. The van der Waals surface area contributed by atoms with E-state index in [9.17, 15) is 9.59 Å². The third kappa shape index (κ3) is 2.34. The number of aryl methyl sites for hydroxylation is 1. The van der Waals surface area contributed by atoms with Gasteiger partial charge in [0.25, 0.3) is 11.8 Å². The van der Waals surface area contributed by atoms with Crippen molar-refractivity contribution >= 4 is 67.8 Å². The van der Waals surface area contributed by atoms with E-state index in [4.69, 9.17) is 0 Å². The number of nitrogens with zero attached hydrogens (tertiary/aromatic N) is 1. The molecule has 0 radical (unpaired) electrons. The van der Waals surface area contributed by atoms with Crippen molar-refractivity contribution in [2.45, 2.75) is 25.9 Å². The molecule has 2 aliphatic heterocycles.